The Bertz CT molecular complexity index is 390. The van der Waals surface area contributed by atoms with Crippen molar-refractivity contribution in [3.05, 3.63) is 34.9 Å². The predicted octanol–water partition coefficient (Wildman–Crippen LogP) is 3.85. The third-order valence-corrected chi connectivity index (χ3v) is 3.70. The summed E-state index contributed by atoms with van der Waals surface area (Å²) in [6.45, 7) is 6.96. The van der Waals surface area contributed by atoms with Gasteiger partial charge in [-0.1, -0.05) is 37.6 Å². The second kappa shape index (κ2) is 7.28. The fourth-order valence-corrected chi connectivity index (χ4v) is 2.27. The topological polar surface area (TPSA) is 21.3 Å². The van der Waals surface area contributed by atoms with Gasteiger partial charge >= 0.3 is 0 Å². The maximum Gasteiger partial charge on any atom is 0.0547 e. The molecule has 1 saturated carbocycles. The lowest BCUT2D eigenvalue weighted by molar-refractivity contribution is 0.110. The van der Waals surface area contributed by atoms with E-state index in [0.717, 1.165) is 30.7 Å². The molecule has 106 valence electrons. The number of hydrogen-bond acceptors (Lipinski definition) is 2. The summed E-state index contributed by atoms with van der Waals surface area (Å²) >= 11 is 6.08. The van der Waals surface area contributed by atoms with E-state index >= 15 is 0 Å². The summed E-state index contributed by atoms with van der Waals surface area (Å²) in [6.07, 6.45) is 2.68. The van der Waals surface area contributed by atoms with Crippen LogP contribution in [0.25, 0.3) is 0 Å². The zero-order valence-corrected chi connectivity index (χ0v) is 12.6. The lowest BCUT2D eigenvalue weighted by atomic mass is 9.99. The van der Waals surface area contributed by atoms with Crippen LogP contribution in [0.5, 0.6) is 0 Å². The Morgan fingerprint density at radius 2 is 2.16 bits per heavy atom. The Hall–Kier alpha value is -0.570. The highest BCUT2D eigenvalue weighted by molar-refractivity contribution is 6.30. The minimum Gasteiger partial charge on any atom is -0.380 e. The highest BCUT2D eigenvalue weighted by Crippen LogP contribution is 2.29. The first-order chi connectivity index (χ1) is 9.15. The largest absolute Gasteiger partial charge is 0.380 e. The number of nitrogens with one attached hydrogen (secondary N) is 1. The molecule has 0 aliphatic heterocycles. The summed E-state index contributed by atoms with van der Waals surface area (Å²) in [7, 11) is 0. The van der Waals surface area contributed by atoms with Crippen LogP contribution in [-0.4, -0.2) is 25.8 Å². The van der Waals surface area contributed by atoms with Gasteiger partial charge in [0.15, 0.2) is 0 Å². The van der Waals surface area contributed by atoms with Gasteiger partial charge in [0, 0.05) is 30.1 Å². The molecule has 1 fully saturated rings. The van der Waals surface area contributed by atoms with E-state index in [4.69, 9.17) is 16.3 Å². The number of rotatable bonds is 8. The van der Waals surface area contributed by atoms with Crippen LogP contribution < -0.4 is 5.32 Å². The van der Waals surface area contributed by atoms with Crippen molar-refractivity contribution in [2.75, 3.05) is 19.8 Å². The molecule has 0 amide bonds. The molecule has 0 radical (unpaired) electrons. The Kier molecular flexibility index (Phi) is 5.68. The quantitative estimate of drug-likeness (QED) is 0.781. The van der Waals surface area contributed by atoms with Gasteiger partial charge in [0.05, 0.1) is 6.61 Å². The van der Waals surface area contributed by atoms with Gasteiger partial charge in [-0.3, -0.25) is 0 Å². The summed E-state index contributed by atoms with van der Waals surface area (Å²) in [6, 6.07) is 8.61. The smallest absolute Gasteiger partial charge is 0.0547 e. The van der Waals surface area contributed by atoms with E-state index < -0.39 is 0 Å². The van der Waals surface area contributed by atoms with E-state index in [1.165, 1.54) is 18.4 Å². The van der Waals surface area contributed by atoms with Crippen LogP contribution in [0.3, 0.4) is 0 Å². The first-order valence-electron chi connectivity index (χ1n) is 7.21. The standard InChI is InChI=1S/C16H24ClNO/c1-12(2)18-9-15(11-19-10-13-6-7-13)14-4-3-5-16(17)8-14/h3-5,8,12-13,15,18H,6-7,9-11H2,1-2H3. The Labute approximate surface area is 121 Å². The van der Waals surface area contributed by atoms with Gasteiger partial charge in [-0.05, 0) is 36.5 Å². The van der Waals surface area contributed by atoms with E-state index in [1.807, 2.05) is 12.1 Å². The molecule has 2 nitrogen and oxygen atoms in total. The molecule has 1 aromatic carbocycles. The highest BCUT2D eigenvalue weighted by Gasteiger charge is 2.22. The fourth-order valence-electron chi connectivity index (χ4n) is 2.07. The van der Waals surface area contributed by atoms with Crippen molar-refractivity contribution in [3.8, 4) is 0 Å². The van der Waals surface area contributed by atoms with Crippen molar-refractivity contribution in [2.45, 2.75) is 38.6 Å². The van der Waals surface area contributed by atoms with Gasteiger partial charge in [-0.15, -0.1) is 0 Å². The van der Waals surface area contributed by atoms with E-state index in [9.17, 15) is 0 Å². The molecule has 1 aliphatic rings. The molecule has 0 bridgehead atoms. The lowest BCUT2D eigenvalue weighted by Crippen LogP contribution is -2.30. The SMILES string of the molecule is CC(C)NCC(COCC1CC1)c1cccc(Cl)c1. The van der Waals surface area contributed by atoms with Crippen molar-refractivity contribution in [3.63, 3.8) is 0 Å². The van der Waals surface area contributed by atoms with Gasteiger partial charge in [0.25, 0.3) is 0 Å². The van der Waals surface area contributed by atoms with Gasteiger partial charge in [-0.25, -0.2) is 0 Å². The molecule has 0 aromatic heterocycles. The minimum absolute atomic E-state index is 0.375. The van der Waals surface area contributed by atoms with E-state index in [2.05, 4.69) is 31.3 Å². The van der Waals surface area contributed by atoms with Crippen LogP contribution in [0.4, 0.5) is 0 Å². The maximum absolute atomic E-state index is 6.08. The Morgan fingerprint density at radius 3 is 2.79 bits per heavy atom. The third kappa shape index (κ3) is 5.52. The molecule has 0 spiro atoms. The first kappa shape index (κ1) is 14.8. The number of halogens is 1. The van der Waals surface area contributed by atoms with Crippen LogP contribution in [-0.2, 0) is 4.74 Å². The zero-order chi connectivity index (χ0) is 13.7. The summed E-state index contributed by atoms with van der Waals surface area (Å²) in [5, 5.41) is 4.29. The molecule has 1 N–H and O–H groups in total. The minimum atomic E-state index is 0.375. The number of hydrogen-bond donors (Lipinski definition) is 1. The van der Waals surface area contributed by atoms with E-state index in [1.54, 1.807) is 0 Å². The Morgan fingerprint density at radius 1 is 1.37 bits per heavy atom. The van der Waals surface area contributed by atoms with Crippen molar-refractivity contribution in [1.29, 1.82) is 0 Å². The van der Waals surface area contributed by atoms with E-state index in [0.29, 0.717) is 12.0 Å². The zero-order valence-electron chi connectivity index (χ0n) is 11.9. The monoisotopic (exact) mass is 281 g/mol. The Balaban J connectivity index is 1.91. The van der Waals surface area contributed by atoms with Crippen molar-refractivity contribution in [1.82, 2.24) is 5.32 Å². The molecular formula is C16H24ClNO. The van der Waals surface area contributed by atoms with Gasteiger partial charge in [-0.2, -0.15) is 0 Å². The fraction of sp³-hybridized carbons (Fsp3) is 0.625. The first-order valence-corrected chi connectivity index (χ1v) is 7.59. The van der Waals surface area contributed by atoms with Gasteiger partial charge < -0.3 is 10.1 Å². The molecule has 2 rings (SSSR count). The van der Waals surface area contributed by atoms with E-state index in [-0.39, 0.29) is 0 Å². The van der Waals surface area contributed by atoms with Crippen LogP contribution in [0, 0.1) is 5.92 Å². The number of benzene rings is 1. The maximum atomic E-state index is 6.08. The average Bonchev–Trinajstić information content (AvgIpc) is 3.17. The normalized spacial score (nSPS) is 16.8. The molecule has 0 heterocycles. The van der Waals surface area contributed by atoms with Gasteiger partial charge in [0.1, 0.15) is 0 Å². The third-order valence-electron chi connectivity index (χ3n) is 3.46. The highest BCUT2D eigenvalue weighted by atomic mass is 35.5. The second-order valence-electron chi connectivity index (χ2n) is 5.80. The average molecular weight is 282 g/mol. The lowest BCUT2D eigenvalue weighted by Gasteiger charge is -2.20. The molecule has 19 heavy (non-hydrogen) atoms. The van der Waals surface area contributed by atoms with Crippen molar-refractivity contribution >= 4 is 11.6 Å². The molecule has 3 heteroatoms. The van der Waals surface area contributed by atoms with Gasteiger partial charge in [0.2, 0.25) is 0 Å². The molecule has 1 atom stereocenters. The molecule has 1 aromatic rings. The summed E-state index contributed by atoms with van der Waals surface area (Å²) < 4.78 is 5.86. The second-order valence-corrected chi connectivity index (χ2v) is 6.23. The summed E-state index contributed by atoms with van der Waals surface area (Å²) in [4.78, 5) is 0. The molecular weight excluding hydrogens is 258 g/mol. The van der Waals surface area contributed by atoms with Crippen molar-refractivity contribution in [2.24, 2.45) is 5.92 Å². The van der Waals surface area contributed by atoms with Crippen LogP contribution >= 0.6 is 11.6 Å². The summed E-state index contributed by atoms with van der Waals surface area (Å²) in [5.74, 6) is 1.19. The number of ether oxygens (including phenoxy) is 1. The van der Waals surface area contributed by atoms with Crippen LogP contribution in [0.15, 0.2) is 24.3 Å². The molecule has 0 saturated heterocycles. The summed E-state index contributed by atoms with van der Waals surface area (Å²) in [5.41, 5.74) is 1.26. The van der Waals surface area contributed by atoms with Crippen molar-refractivity contribution < 1.29 is 4.74 Å². The predicted molar refractivity (Wildman–Crippen MR) is 80.9 cm³/mol. The molecule has 1 unspecified atom stereocenters. The molecule has 1 aliphatic carbocycles. The van der Waals surface area contributed by atoms with Crippen LogP contribution in [0.1, 0.15) is 38.2 Å². The van der Waals surface area contributed by atoms with Crippen LogP contribution in [0.2, 0.25) is 5.02 Å².